The van der Waals surface area contributed by atoms with E-state index in [-0.39, 0.29) is 9.75 Å². The molecule has 7 nitrogen and oxygen atoms in total. The first-order valence-electron chi connectivity index (χ1n) is 3.78. The fourth-order valence-electron chi connectivity index (χ4n) is 0.951. The van der Waals surface area contributed by atoms with Crippen molar-refractivity contribution in [2.75, 3.05) is 0 Å². The summed E-state index contributed by atoms with van der Waals surface area (Å²) in [6.45, 7) is 0. The molecule has 0 unspecified atom stereocenters. The van der Waals surface area contributed by atoms with Gasteiger partial charge in [-0.2, -0.15) is 0 Å². The molecular weight excluding hydrogens is 298 g/mol. The van der Waals surface area contributed by atoms with E-state index in [0.29, 0.717) is 22.7 Å². The zero-order chi connectivity index (χ0) is 12.6. The van der Waals surface area contributed by atoms with Crippen LogP contribution in [0, 0.1) is 0 Å². The first-order chi connectivity index (χ1) is 7.07. The molecule has 1 rings (SSSR count). The van der Waals surface area contributed by atoms with Gasteiger partial charge >= 0.3 is 15.2 Å². The monoisotopic (exact) mass is 306 g/mol. The highest BCUT2D eigenvalue weighted by Gasteiger charge is 2.24. The molecule has 0 radical (unpaired) electrons. The predicted octanol–water partition coefficient (Wildman–Crippen LogP) is 0.525. The van der Waals surface area contributed by atoms with Crippen LogP contribution in [0.15, 0.2) is 4.79 Å². The SMILES string of the molecule is O=c1sc(CP(=O)(O)O)c(CP(=O)(O)O)s1. The molecule has 4 N–H and O–H groups in total. The summed E-state index contributed by atoms with van der Waals surface area (Å²) in [4.78, 5) is 46.0. The van der Waals surface area contributed by atoms with Crippen molar-refractivity contribution >= 4 is 37.9 Å². The highest BCUT2D eigenvalue weighted by atomic mass is 32.2. The molecule has 0 saturated carbocycles. The molecule has 0 aliphatic heterocycles. The van der Waals surface area contributed by atoms with E-state index in [1.54, 1.807) is 0 Å². The highest BCUT2D eigenvalue weighted by molar-refractivity contribution is 7.52. The van der Waals surface area contributed by atoms with E-state index in [2.05, 4.69) is 0 Å². The van der Waals surface area contributed by atoms with Crippen LogP contribution in [0.1, 0.15) is 9.75 Å². The molecule has 1 aromatic rings. The maximum absolute atomic E-state index is 11.0. The van der Waals surface area contributed by atoms with Gasteiger partial charge in [0.05, 0.1) is 12.3 Å². The molecule has 0 aliphatic rings. The van der Waals surface area contributed by atoms with E-state index in [4.69, 9.17) is 19.6 Å². The topological polar surface area (TPSA) is 132 Å². The lowest BCUT2D eigenvalue weighted by atomic mass is 10.5. The summed E-state index contributed by atoms with van der Waals surface area (Å²) < 4.78 is 21.0. The summed E-state index contributed by atoms with van der Waals surface area (Å²) in [5.74, 6) is 0. The molecule has 1 heterocycles. The van der Waals surface area contributed by atoms with Crippen LogP contribution in [0.4, 0.5) is 0 Å². The fraction of sp³-hybridized carbons (Fsp3) is 0.400. The Labute approximate surface area is 97.7 Å². The molecule has 16 heavy (non-hydrogen) atoms. The van der Waals surface area contributed by atoms with Gasteiger partial charge in [0.2, 0.25) is 0 Å². The van der Waals surface area contributed by atoms with Crippen molar-refractivity contribution in [3.05, 3.63) is 18.6 Å². The van der Waals surface area contributed by atoms with Gasteiger partial charge in [0.25, 0.3) is 4.06 Å². The Morgan fingerprint density at radius 3 is 1.44 bits per heavy atom. The van der Waals surface area contributed by atoms with Crippen LogP contribution in [-0.2, 0) is 21.5 Å². The van der Waals surface area contributed by atoms with Crippen LogP contribution in [0.25, 0.3) is 0 Å². The number of rotatable bonds is 4. The Morgan fingerprint density at radius 2 is 1.19 bits per heavy atom. The van der Waals surface area contributed by atoms with Crippen molar-refractivity contribution in [2.24, 2.45) is 0 Å². The average molecular weight is 306 g/mol. The van der Waals surface area contributed by atoms with Gasteiger partial charge in [0.15, 0.2) is 0 Å². The number of hydrogen-bond donors (Lipinski definition) is 4. The third-order valence-corrected chi connectivity index (χ3v) is 5.54. The van der Waals surface area contributed by atoms with Crippen molar-refractivity contribution in [2.45, 2.75) is 12.3 Å². The molecule has 0 spiro atoms. The van der Waals surface area contributed by atoms with Crippen LogP contribution in [0.5, 0.6) is 0 Å². The van der Waals surface area contributed by atoms with Gasteiger partial charge in [0, 0.05) is 9.75 Å². The molecule has 11 heteroatoms. The molecular formula is C5H8O7P2S2. The van der Waals surface area contributed by atoms with Crippen molar-refractivity contribution < 1.29 is 28.7 Å². The Kier molecular flexibility index (Phi) is 4.26. The Morgan fingerprint density at radius 1 is 0.875 bits per heavy atom. The third kappa shape index (κ3) is 4.99. The van der Waals surface area contributed by atoms with Gasteiger partial charge in [-0.3, -0.25) is 13.9 Å². The lowest BCUT2D eigenvalue weighted by molar-refractivity contribution is 0.368. The molecule has 1 aromatic heterocycles. The van der Waals surface area contributed by atoms with E-state index < -0.39 is 31.6 Å². The van der Waals surface area contributed by atoms with E-state index in [9.17, 15) is 13.9 Å². The largest absolute Gasteiger partial charge is 0.330 e. The summed E-state index contributed by atoms with van der Waals surface area (Å²) in [7, 11) is -8.68. The fourth-order valence-corrected chi connectivity index (χ4v) is 5.61. The average Bonchev–Trinajstić information content (AvgIpc) is 2.23. The van der Waals surface area contributed by atoms with Gasteiger partial charge in [-0.1, -0.05) is 22.7 Å². The van der Waals surface area contributed by atoms with Gasteiger partial charge in [-0.05, 0) is 0 Å². The minimum Gasteiger partial charge on any atom is -0.324 e. The second-order valence-electron chi connectivity index (χ2n) is 2.95. The van der Waals surface area contributed by atoms with E-state index >= 15 is 0 Å². The first kappa shape index (κ1) is 14.2. The van der Waals surface area contributed by atoms with Gasteiger partial charge in [0.1, 0.15) is 0 Å². The maximum Gasteiger partial charge on any atom is 0.330 e. The van der Waals surface area contributed by atoms with E-state index in [1.807, 2.05) is 0 Å². The normalized spacial score (nSPS) is 13.0. The molecule has 0 bridgehead atoms. The Balaban J connectivity index is 3.06. The van der Waals surface area contributed by atoms with E-state index in [1.165, 1.54) is 0 Å². The second kappa shape index (κ2) is 4.80. The maximum atomic E-state index is 11.0. The summed E-state index contributed by atoms with van der Waals surface area (Å²) in [5, 5.41) is 0. The summed E-state index contributed by atoms with van der Waals surface area (Å²) in [5.41, 5.74) is 0. The minimum absolute atomic E-state index is 0.0478. The lowest BCUT2D eigenvalue weighted by Gasteiger charge is -2.05. The molecule has 0 amide bonds. The molecule has 0 atom stereocenters. The molecule has 0 aliphatic carbocycles. The molecule has 0 saturated heterocycles. The van der Waals surface area contributed by atoms with Gasteiger partial charge in [-0.25, -0.2) is 0 Å². The Bertz CT molecular complexity index is 475. The van der Waals surface area contributed by atoms with Crippen molar-refractivity contribution in [1.29, 1.82) is 0 Å². The van der Waals surface area contributed by atoms with Crippen LogP contribution < -0.4 is 4.06 Å². The second-order valence-corrected chi connectivity index (χ2v) is 8.63. The zero-order valence-corrected chi connectivity index (χ0v) is 11.1. The number of hydrogen-bond acceptors (Lipinski definition) is 5. The molecule has 92 valence electrons. The zero-order valence-electron chi connectivity index (χ0n) is 7.64. The van der Waals surface area contributed by atoms with Crippen molar-refractivity contribution in [3.63, 3.8) is 0 Å². The van der Waals surface area contributed by atoms with Crippen LogP contribution in [0.2, 0.25) is 0 Å². The first-order valence-corrected chi connectivity index (χ1v) is 9.00. The quantitative estimate of drug-likeness (QED) is 0.596. The molecule has 0 aromatic carbocycles. The highest BCUT2D eigenvalue weighted by Crippen LogP contribution is 2.46. The Hall–Kier alpha value is 0.150. The summed E-state index contributed by atoms with van der Waals surface area (Å²) in [6, 6.07) is 0. The van der Waals surface area contributed by atoms with Gasteiger partial charge in [-0.15, -0.1) is 0 Å². The predicted molar refractivity (Wildman–Crippen MR) is 60.0 cm³/mol. The standard InChI is InChI=1S/C5H8O7P2S2/c6-5-15-3(1-13(7,8)9)4(16-5)2-14(10,11)12/h1-2H2,(H2,7,8,9)(H2,10,11,12). The van der Waals surface area contributed by atoms with Gasteiger partial charge < -0.3 is 19.6 Å². The van der Waals surface area contributed by atoms with E-state index in [0.717, 1.165) is 0 Å². The van der Waals surface area contributed by atoms with Crippen LogP contribution in [0.3, 0.4) is 0 Å². The van der Waals surface area contributed by atoms with Crippen LogP contribution >= 0.6 is 37.9 Å². The lowest BCUT2D eigenvalue weighted by Crippen LogP contribution is -1.90. The minimum atomic E-state index is -4.34. The summed E-state index contributed by atoms with van der Waals surface area (Å²) in [6.07, 6.45) is -1.32. The molecule has 0 fully saturated rings. The van der Waals surface area contributed by atoms with Crippen molar-refractivity contribution in [3.8, 4) is 0 Å². The smallest absolute Gasteiger partial charge is 0.324 e. The van der Waals surface area contributed by atoms with Crippen molar-refractivity contribution in [1.82, 2.24) is 0 Å². The third-order valence-electron chi connectivity index (χ3n) is 1.42. The van der Waals surface area contributed by atoms with Crippen LogP contribution in [-0.4, -0.2) is 19.6 Å². The summed E-state index contributed by atoms with van der Waals surface area (Å²) >= 11 is 1.22.